The van der Waals surface area contributed by atoms with E-state index in [-0.39, 0.29) is 0 Å². The van der Waals surface area contributed by atoms with Crippen molar-refractivity contribution in [3.05, 3.63) is 47.5 Å². The van der Waals surface area contributed by atoms with Crippen molar-refractivity contribution in [3.63, 3.8) is 0 Å². The molecule has 0 heterocycles. The summed E-state index contributed by atoms with van der Waals surface area (Å²) in [5, 5.41) is 1.01. The van der Waals surface area contributed by atoms with Crippen molar-refractivity contribution in [1.82, 2.24) is 0 Å². The van der Waals surface area contributed by atoms with Gasteiger partial charge >= 0.3 is 0 Å². The first-order chi connectivity index (χ1) is 10.6. The van der Waals surface area contributed by atoms with E-state index in [1.54, 1.807) is 12.1 Å². The van der Waals surface area contributed by atoms with Crippen LogP contribution in [0.15, 0.2) is 36.4 Å². The van der Waals surface area contributed by atoms with Crippen LogP contribution in [0.5, 0.6) is 0 Å². The lowest BCUT2D eigenvalue weighted by molar-refractivity contribution is 0.500. The monoisotopic (exact) mass is 332 g/mol. The van der Waals surface area contributed by atoms with Gasteiger partial charge in [0.1, 0.15) is 0 Å². The molecule has 0 aliphatic rings. The molecule has 23 heavy (non-hydrogen) atoms. The number of nitrogens with zero attached hydrogens (tertiary/aromatic N) is 2. The van der Waals surface area contributed by atoms with E-state index >= 15 is 0 Å². The highest BCUT2D eigenvalue weighted by molar-refractivity contribution is 7.73. The number of hydrogen-bond donors (Lipinski definition) is 1. The smallest absolute Gasteiger partial charge is 0.259 e. The highest BCUT2D eigenvalue weighted by Crippen LogP contribution is 2.41. The second kappa shape index (κ2) is 6.38. The first-order valence-corrected chi connectivity index (χ1v) is 9.20. The normalized spacial score (nSPS) is 11.4. The standard InChI is InChI=1S/C18H25N2O2P/c1-13-11-15(19(3)4)7-9-17(13)23(21,22)18-10-8-16(20(5)6)12-14(18)2/h7-12H,1-6H3,(H,21,22). The summed E-state index contributed by atoms with van der Waals surface area (Å²) in [5.74, 6) is 0. The first-order valence-electron chi connectivity index (χ1n) is 7.54. The first kappa shape index (κ1) is 17.6. The minimum absolute atomic E-state index is 0.504. The van der Waals surface area contributed by atoms with Crippen molar-refractivity contribution in [1.29, 1.82) is 0 Å². The number of benzene rings is 2. The Morgan fingerprint density at radius 2 is 1.13 bits per heavy atom. The van der Waals surface area contributed by atoms with Crippen molar-refractivity contribution in [2.75, 3.05) is 38.0 Å². The van der Waals surface area contributed by atoms with E-state index in [1.165, 1.54) is 0 Å². The second-order valence-electron chi connectivity index (χ2n) is 6.31. The van der Waals surface area contributed by atoms with Crippen LogP contribution in [0, 0.1) is 13.8 Å². The van der Waals surface area contributed by atoms with E-state index < -0.39 is 7.37 Å². The van der Waals surface area contributed by atoms with Gasteiger partial charge in [-0.1, -0.05) is 0 Å². The molecule has 1 N–H and O–H groups in total. The van der Waals surface area contributed by atoms with Gasteiger partial charge in [-0.05, 0) is 61.4 Å². The van der Waals surface area contributed by atoms with Crippen LogP contribution in [0.25, 0.3) is 0 Å². The molecule has 5 heteroatoms. The Balaban J connectivity index is 2.52. The minimum atomic E-state index is -3.61. The van der Waals surface area contributed by atoms with Crippen molar-refractivity contribution >= 4 is 29.4 Å². The van der Waals surface area contributed by atoms with E-state index in [9.17, 15) is 9.46 Å². The predicted molar refractivity (Wildman–Crippen MR) is 100 cm³/mol. The molecule has 124 valence electrons. The van der Waals surface area contributed by atoms with Gasteiger partial charge in [0.25, 0.3) is 7.37 Å². The van der Waals surface area contributed by atoms with Gasteiger partial charge in [0.2, 0.25) is 0 Å². The van der Waals surface area contributed by atoms with Gasteiger partial charge in [0.05, 0.1) is 0 Å². The lowest BCUT2D eigenvalue weighted by atomic mass is 10.2. The lowest BCUT2D eigenvalue weighted by Crippen LogP contribution is -2.21. The van der Waals surface area contributed by atoms with Gasteiger partial charge in [0, 0.05) is 50.2 Å². The molecule has 0 spiro atoms. The van der Waals surface area contributed by atoms with E-state index in [0.29, 0.717) is 10.6 Å². The molecule has 0 aromatic heterocycles. The van der Waals surface area contributed by atoms with Crippen LogP contribution in [0.1, 0.15) is 11.1 Å². The summed E-state index contributed by atoms with van der Waals surface area (Å²) in [7, 11) is 4.21. The number of anilines is 2. The minimum Gasteiger partial charge on any atom is -0.378 e. The Labute approximate surface area is 138 Å². The van der Waals surface area contributed by atoms with Gasteiger partial charge in [0.15, 0.2) is 0 Å². The summed E-state index contributed by atoms with van der Waals surface area (Å²) < 4.78 is 13.1. The largest absolute Gasteiger partial charge is 0.378 e. The second-order valence-corrected chi connectivity index (χ2v) is 8.42. The van der Waals surface area contributed by atoms with Gasteiger partial charge in [-0.15, -0.1) is 0 Å². The zero-order chi connectivity index (χ0) is 17.4. The molecule has 0 unspecified atom stereocenters. The SMILES string of the molecule is Cc1cc(N(C)C)ccc1P(=O)(O)c1ccc(N(C)C)cc1C. The van der Waals surface area contributed by atoms with Crippen LogP contribution < -0.4 is 20.4 Å². The third-order valence-corrected chi connectivity index (χ3v) is 6.36. The van der Waals surface area contributed by atoms with Gasteiger partial charge in [-0.3, -0.25) is 4.57 Å². The summed E-state index contributed by atoms with van der Waals surface area (Å²) in [6.07, 6.45) is 0. The average molecular weight is 332 g/mol. The topological polar surface area (TPSA) is 43.8 Å². The maximum absolute atomic E-state index is 13.1. The molecule has 0 saturated carbocycles. The Hall–Kier alpha value is -1.77. The predicted octanol–water partition coefficient (Wildman–Crippen LogP) is 2.66. The van der Waals surface area contributed by atoms with E-state index in [1.807, 2.05) is 76.1 Å². The van der Waals surface area contributed by atoms with Crippen LogP contribution in [0.3, 0.4) is 0 Å². The molecule has 4 nitrogen and oxygen atoms in total. The van der Waals surface area contributed by atoms with E-state index in [0.717, 1.165) is 22.5 Å². The van der Waals surface area contributed by atoms with Crippen molar-refractivity contribution in [3.8, 4) is 0 Å². The molecule has 0 aliphatic carbocycles. The third kappa shape index (κ3) is 3.44. The number of aryl methyl sites for hydroxylation is 2. The molecule has 2 rings (SSSR count). The molecule has 0 fully saturated rings. The molecule has 0 radical (unpaired) electrons. The Bertz CT molecular complexity index is 708. The van der Waals surface area contributed by atoms with Crippen LogP contribution >= 0.6 is 7.37 Å². The Kier molecular flexibility index (Phi) is 4.88. The molecule has 2 aromatic rings. The fourth-order valence-electron chi connectivity index (χ4n) is 2.65. The molecule has 2 aromatic carbocycles. The number of rotatable bonds is 4. The summed E-state index contributed by atoms with van der Waals surface area (Å²) in [4.78, 5) is 14.8. The van der Waals surface area contributed by atoms with Crippen LogP contribution in [-0.2, 0) is 4.57 Å². The van der Waals surface area contributed by atoms with E-state index in [2.05, 4.69) is 0 Å². The zero-order valence-electron chi connectivity index (χ0n) is 14.7. The maximum Gasteiger partial charge on any atom is 0.259 e. The quantitative estimate of drug-likeness (QED) is 0.874. The molecular weight excluding hydrogens is 307 g/mol. The fourth-order valence-corrected chi connectivity index (χ4v) is 4.54. The van der Waals surface area contributed by atoms with Crippen molar-refractivity contribution < 1.29 is 9.46 Å². The highest BCUT2D eigenvalue weighted by atomic mass is 31.2. The summed E-state index contributed by atoms with van der Waals surface area (Å²) in [6.45, 7) is 3.77. The Morgan fingerprint density at radius 3 is 1.39 bits per heavy atom. The highest BCUT2D eigenvalue weighted by Gasteiger charge is 2.28. The molecule has 0 atom stereocenters. The molecule has 0 bridgehead atoms. The summed E-state index contributed by atoms with van der Waals surface area (Å²) >= 11 is 0. The van der Waals surface area contributed by atoms with Gasteiger partial charge < -0.3 is 14.7 Å². The average Bonchev–Trinajstić information content (AvgIpc) is 2.46. The maximum atomic E-state index is 13.1. The zero-order valence-corrected chi connectivity index (χ0v) is 15.6. The van der Waals surface area contributed by atoms with Crippen molar-refractivity contribution in [2.24, 2.45) is 0 Å². The van der Waals surface area contributed by atoms with Crippen molar-refractivity contribution in [2.45, 2.75) is 13.8 Å². The molecule has 0 amide bonds. The van der Waals surface area contributed by atoms with Crippen LogP contribution in [-0.4, -0.2) is 33.1 Å². The molecular formula is C18H25N2O2P. The fraction of sp³-hybridized carbons (Fsp3) is 0.333. The summed E-state index contributed by atoms with van der Waals surface area (Å²) in [6, 6.07) is 11.2. The van der Waals surface area contributed by atoms with Gasteiger partial charge in [-0.2, -0.15) is 0 Å². The van der Waals surface area contributed by atoms with Crippen LogP contribution in [0.2, 0.25) is 0 Å². The van der Waals surface area contributed by atoms with E-state index in [4.69, 9.17) is 0 Å². The third-order valence-electron chi connectivity index (χ3n) is 4.05. The molecule has 0 aliphatic heterocycles. The van der Waals surface area contributed by atoms with Gasteiger partial charge in [-0.25, -0.2) is 0 Å². The Morgan fingerprint density at radius 1 is 0.783 bits per heavy atom. The lowest BCUT2D eigenvalue weighted by Gasteiger charge is -2.21. The van der Waals surface area contributed by atoms with Crippen LogP contribution in [0.4, 0.5) is 11.4 Å². The molecule has 0 saturated heterocycles. The summed E-state index contributed by atoms with van der Waals surface area (Å²) in [5.41, 5.74) is 3.70. The number of hydrogen-bond acceptors (Lipinski definition) is 3.